The van der Waals surface area contributed by atoms with Crippen LogP contribution in [-0.4, -0.2) is 50.1 Å². The lowest BCUT2D eigenvalue weighted by molar-refractivity contribution is -0.111. The predicted octanol–water partition coefficient (Wildman–Crippen LogP) is 4.39. The summed E-state index contributed by atoms with van der Waals surface area (Å²) in [5.41, 5.74) is 3.24. The van der Waals surface area contributed by atoms with Crippen molar-refractivity contribution in [2.24, 2.45) is 0 Å². The second-order valence-corrected chi connectivity index (χ2v) is 7.16. The minimum Gasteiger partial charge on any atom is -0.434 e. The second-order valence-electron chi connectivity index (χ2n) is 7.16. The smallest absolute Gasteiger partial charge is 0.387 e. The lowest BCUT2D eigenvalue weighted by Gasteiger charge is -2.35. The number of alkyl halides is 2. The van der Waals surface area contributed by atoms with Gasteiger partial charge in [0, 0.05) is 49.2 Å². The van der Waals surface area contributed by atoms with Crippen molar-refractivity contribution in [3.05, 3.63) is 59.7 Å². The van der Waals surface area contributed by atoms with E-state index in [1.54, 1.807) is 18.2 Å². The number of ether oxygens (including phenoxy) is 1. The van der Waals surface area contributed by atoms with Gasteiger partial charge in [-0.15, -0.1) is 0 Å². The van der Waals surface area contributed by atoms with Gasteiger partial charge in [0.25, 0.3) is 0 Å². The first-order chi connectivity index (χ1) is 14.5. The third-order valence-corrected chi connectivity index (χ3v) is 5.20. The Labute approximate surface area is 175 Å². The van der Waals surface area contributed by atoms with E-state index in [0.29, 0.717) is 5.56 Å². The Morgan fingerprint density at radius 1 is 1.17 bits per heavy atom. The van der Waals surface area contributed by atoms with E-state index in [4.69, 9.17) is 0 Å². The van der Waals surface area contributed by atoms with Gasteiger partial charge in [0.2, 0.25) is 5.91 Å². The highest BCUT2D eigenvalue weighted by molar-refractivity contribution is 6.02. The molecule has 0 saturated carbocycles. The summed E-state index contributed by atoms with van der Waals surface area (Å²) < 4.78 is 29.5. The molecule has 1 fully saturated rings. The monoisotopic (exact) mass is 415 g/mol. The third kappa shape index (κ3) is 5.79. The summed E-state index contributed by atoms with van der Waals surface area (Å²) >= 11 is 0. The van der Waals surface area contributed by atoms with Crippen molar-refractivity contribution in [1.82, 2.24) is 4.90 Å². The molecule has 0 radical (unpaired) electrons. The van der Waals surface area contributed by atoms with Gasteiger partial charge in [-0.25, -0.2) is 0 Å². The van der Waals surface area contributed by atoms with E-state index in [1.807, 2.05) is 19.1 Å². The Morgan fingerprint density at radius 3 is 2.57 bits per heavy atom. The van der Waals surface area contributed by atoms with Crippen LogP contribution in [0.2, 0.25) is 0 Å². The topological polar surface area (TPSA) is 44.8 Å². The lowest BCUT2D eigenvalue weighted by Crippen LogP contribution is -2.46. The molecule has 7 heteroatoms. The molecule has 5 nitrogen and oxygen atoms in total. The molecule has 1 aliphatic rings. The number of carbonyl (C=O) groups is 1. The van der Waals surface area contributed by atoms with E-state index < -0.39 is 6.61 Å². The number of hydrogen-bond donors (Lipinski definition) is 1. The van der Waals surface area contributed by atoms with Gasteiger partial charge in [0.05, 0.1) is 0 Å². The Morgan fingerprint density at radius 2 is 1.90 bits per heavy atom. The van der Waals surface area contributed by atoms with Crippen LogP contribution in [0.3, 0.4) is 0 Å². The van der Waals surface area contributed by atoms with Crippen LogP contribution in [0.15, 0.2) is 48.5 Å². The van der Waals surface area contributed by atoms with E-state index in [1.165, 1.54) is 18.2 Å². The van der Waals surface area contributed by atoms with Gasteiger partial charge in [0.1, 0.15) is 5.75 Å². The van der Waals surface area contributed by atoms with E-state index >= 15 is 0 Å². The van der Waals surface area contributed by atoms with Gasteiger partial charge in [-0.2, -0.15) is 8.78 Å². The SMILES string of the molecule is CCN1CCN(c2ccc(NC(=O)/C=C/c3ccccc3OC(F)F)c(C)c2)CC1. The molecule has 0 bridgehead atoms. The van der Waals surface area contributed by atoms with Crippen molar-refractivity contribution >= 4 is 23.4 Å². The van der Waals surface area contributed by atoms with Gasteiger partial charge in [-0.1, -0.05) is 25.1 Å². The molecule has 2 aromatic rings. The van der Waals surface area contributed by atoms with E-state index in [-0.39, 0.29) is 11.7 Å². The molecule has 30 heavy (non-hydrogen) atoms. The zero-order valence-electron chi connectivity index (χ0n) is 17.3. The first-order valence-corrected chi connectivity index (χ1v) is 10.1. The number of nitrogens with one attached hydrogen (secondary N) is 1. The Kier molecular flexibility index (Phi) is 7.41. The number of piperazine rings is 1. The highest BCUT2D eigenvalue weighted by Gasteiger charge is 2.16. The number of aryl methyl sites for hydroxylation is 1. The summed E-state index contributed by atoms with van der Waals surface area (Å²) in [6.45, 7) is 6.37. The van der Waals surface area contributed by atoms with Gasteiger partial charge < -0.3 is 19.9 Å². The van der Waals surface area contributed by atoms with Crippen LogP contribution in [-0.2, 0) is 4.79 Å². The molecule has 1 N–H and O–H groups in total. The predicted molar refractivity (Wildman–Crippen MR) is 116 cm³/mol. The van der Waals surface area contributed by atoms with Crippen LogP contribution >= 0.6 is 0 Å². The minimum absolute atomic E-state index is 0.0280. The number of amides is 1. The second kappa shape index (κ2) is 10.2. The normalized spacial score (nSPS) is 15.0. The van der Waals surface area contributed by atoms with Gasteiger partial charge in [0.15, 0.2) is 0 Å². The van der Waals surface area contributed by atoms with Crippen LogP contribution < -0.4 is 15.0 Å². The average molecular weight is 415 g/mol. The number of para-hydroxylation sites is 1. The van der Waals surface area contributed by atoms with Crippen LogP contribution in [0.25, 0.3) is 6.08 Å². The van der Waals surface area contributed by atoms with Crippen LogP contribution in [0.1, 0.15) is 18.1 Å². The summed E-state index contributed by atoms with van der Waals surface area (Å²) in [5.74, 6) is -0.311. The Balaban J connectivity index is 1.63. The maximum atomic E-state index is 12.5. The van der Waals surface area contributed by atoms with Crippen molar-refractivity contribution < 1.29 is 18.3 Å². The number of nitrogens with zero attached hydrogens (tertiary/aromatic N) is 2. The zero-order chi connectivity index (χ0) is 21.5. The van der Waals surface area contributed by atoms with Gasteiger partial charge in [-0.3, -0.25) is 4.79 Å². The number of likely N-dealkylation sites (N-methyl/N-ethyl adjacent to an activating group) is 1. The number of carbonyl (C=O) groups excluding carboxylic acids is 1. The summed E-state index contributed by atoms with van der Waals surface area (Å²) in [5, 5.41) is 2.85. The molecule has 1 heterocycles. The van der Waals surface area contributed by atoms with Gasteiger partial charge in [-0.05, 0) is 49.4 Å². The molecule has 1 aliphatic heterocycles. The van der Waals surface area contributed by atoms with Crippen LogP contribution in [0.5, 0.6) is 5.75 Å². The molecule has 0 aromatic heterocycles. The third-order valence-electron chi connectivity index (χ3n) is 5.20. The number of benzene rings is 2. The maximum Gasteiger partial charge on any atom is 0.387 e. The summed E-state index contributed by atoms with van der Waals surface area (Å²) in [6.07, 6.45) is 2.77. The standard InChI is InChI=1S/C23H27F2N3O2/c1-3-27-12-14-28(15-13-27)19-9-10-20(17(2)16-19)26-22(29)11-8-18-6-4-5-7-21(18)30-23(24)25/h4-11,16,23H,3,12-15H2,1-2H3,(H,26,29)/b11-8+. The molecule has 160 valence electrons. The van der Waals surface area contributed by atoms with Crippen molar-refractivity contribution in [3.63, 3.8) is 0 Å². The summed E-state index contributed by atoms with van der Waals surface area (Å²) in [6, 6.07) is 12.3. The highest BCUT2D eigenvalue weighted by atomic mass is 19.3. The first kappa shape index (κ1) is 21.8. The molecule has 1 amide bonds. The van der Waals surface area contributed by atoms with E-state index in [2.05, 4.69) is 32.8 Å². The van der Waals surface area contributed by atoms with Crippen LogP contribution in [0.4, 0.5) is 20.2 Å². The number of anilines is 2. The van der Waals surface area contributed by atoms with Crippen molar-refractivity contribution in [2.45, 2.75) is 20.5 Å². The Hall–Kier alpha value is -2.93. The van der Waals surface area contributed by atoms with Crippen molar-refractivity contribution in [3.8, 4) is 5.75 Å². The molecule has 0 atom stereocenters. The molecule has 1 saturated heterocycles. The molecule has 2 aromatic carbocycles. The average Bonchev–Trinajstić information content (AvgIpc) is 2.74. The highest BCUT2D eigenvalue weighted by Crippen LogP contribution is 2.24. The fourth-order valence-electron chi connectivity index (χ4n) is 3.47. The molecule has 0 unspecified atom stereocenters. The first-order valence-electron chi connectivity index (χ1n) is 10.1. The molecule has 3 rings (SSSR count). The molecule has 0 spiro atoms. The zero-order valence-corrected chi connectivity index (χ0v) is 17.3. The lowest BCUT2D eigenvalue weighted by atomic mass is 10.1. The van der Waals surface area contributed by atoms with Crippen molar-refractivity contribution in [1.29, 1.82) is 0 Å². The fourth-order valence-corrected chi connectivity index (χ4v) is 3.47. The minimum atomic E-state index is -2.92. The molecule has 0 aliphatic carbocycles. The van der Waals surface area contributed by atoms with E-state index in [9.17, 15) is 13.6 Å². The van der Waals surface area contributed by atoms with E-state index in [0.717, 1.165) is 49.7 Å². The van der Waals surface area contributed by atoms with Crippen molar-refractivity contribution in [2.75, 3.05) is 42.9 Å². The number of halogens is 2. The maximum absolute atomic E-state index is 12.5. The fraction of sp³-hybridized carbons (Fsp3) is 0.348. The van der Waals surface area contributed by atoms with Gasteiger partial charge >= 0.3 is 6.61 Å². The molecular weight excluding hydrogens is 388 g/mol. The quantitative estimate of drug-likeness (QED) is 0.682. The summed E-state index contributed by atoms with van der Waals surface area (Å²) in [7, 11) is 0. The number of rotatable bonds is 7. The largest absolute Gasteiger partial charge is 0.434 e. The summed E-state index contributed by atoms with van der Waals surface area (Å²) in [4.78, 5) is 17.1. The molecular formula is C23H27F2N3O2. The Bertz CT molecular complexity index is 894. The number of hydrogen-bond acceptors (Lipinski definition) is 4. The van der Waals surface area contributed by atoms with Crippen LogP contribution in [0, 0.1) is 6.92 Å².